The minimum Gasteiger partial charge on any atom is -0.398 e. The number of nitrogen functional groups attached to an aromatic ring is 1. The number of fused-ring (bicyclic) bond motifs is 1. The Hall–Kier alpha value is -0.824. The summed E-state index contributed by atoms with van der Waals surface area (Å²) in [7, 11) is -4.23. The number of rotatable bonds is 1. The summed E-state index contributed by atoms with van der Waals surface area (Å²) in [6.45, 7) is 0. The van der Waals surface area contributed by atoms with Crippen molar-refractivity contribution in [2.75, 3.05) is 5.73 Å². The molecule has 0 heterocycles. The first-order chi connectivity index (χ1) is 7.00. The maximum atomic E-state index is 11.1. The second kappa shape index (κ2) is 4.58. The molecule has 82 valence electrons. The Morgan fingerprint density at radius 1 is 1.06 bits per heavy atom. The molecule has 2 aromatic rings. The predicted molar refractivity (Wildman–Crippen MR) is 66.7 cm³/mol. The van der Waals surface area contributed by atoms with Crippen molar-refractivity contribution < 1.29 is 13.0 Å². The molecular formula is C10H11MgNO3S. The van der Waals surface area contributed by atoms with E-state index in [2.05, 4.69) is 0 Å². The van der Waals surface area contributed by atoms with Gasteiger partial charge in [-0.25, -0.2) is 0 Å². The zero-order valence-electron chi connectivity index (χ0n) is 7.71. The third-order valence-corrected chi connectivity index (χ3v) is 3.07. The Morgan fingerprint density at radius 3 is 2.19 bits per heavy atom. The molecule has 3 N–H and O–H groups in total. The molecule has 0 saturated carbocycles. The summed E-state index contributed by atoms with van der Waals surface area (Å²) in [6.07, 6.45) is 0. The van der Waals surface area contributed by atoms with Crippen LogP contribution in [0.25, 0.3) is 10.8 Å². The lowest BCUT2D eigenvalue weighted by atomic mass is 10.1. The monoisotopic (exact) mass is 249 g/mol. The van der Waals surface area contributed by atoms with E-state index in [-0.39, 0.29) is 27.9 Å². The summed E-state index contributed by atoms with van der Waals surface area (Å²) >= 11 is 0. The molecule has 0 amide bonds. The minimum absolute atomic E-state index is 0. The first-order valence-corrected chi connectivity index (χ1v) is 5.69. The van der Waals surface area contributed by atoms with Gasteiger partial charge in [0.05, 0.1) is 0 Å². The van der Waals surface area contributed by atoms with Crippen LogP contribution in [0.15, 0.2) is 41.3 Å². The van der Waals surface area contributed by atoms with Crippen LogP contribution in [-0.2, 0) is 10.1 Å². The predicted octanol–water partition coefficient (Wildman–Crippen LogP) is 0.752. The number of benzene rings is 2. The van der Waals surface area contributed by atoms with E-state index in [1.165, 1.54) is 6.07 Å². The molecule has 0 atom stereocenters. The average molecular weight is 250 g/mol. The Kier molecular flexibility index (Phi) is 3.79. The summed E-state index contributed by atoms with van der Waals surface area (Å²) in [5.74, 6) is 0. The average Bonchev–Trinajstić information content (AvgIpc) is 2.16. The van der Waals surface area contributed by atoms with Gasteiger partial charge in [-0.2, -0.15) is 8.42 Å². The van der Waals surface area contributed by atoms with Gasteiger partial charge in [0.1, 0.15) is 4.90 Å². The largest absolute Gasteiger partial charge is 0.398 e. The molecule has 2 aromatic carbocycles. The van der Waals surface area contributed by atoms with Crippen molar-refractivity contribution in [3.8, 4) is 0 Å². The van der Waals surface area contributed by atoms with E-state index in [1.807, 2.05) is 0 Å². The second-order valence-corrected chi connectivity index (χ2v) is 4.57. The quantitative estimate of drug-likeness (QED) is 0.444. The van der Waals surface area contributed by atoms with E-state index >= 15 is 0 Å². The van der Waals surface area contributed by atoms with Crippen molar-refractivity contribution in [2.24, 2.45) is 0 Å². The van der Waals surface area contributed by atoms with Gasteiger partial charge >= 0.3 is 23.1 Å². The van der Waals surface area contributed by atoms with Crippen molar-refractivity contribution in [1.29, 1.82) is 0 Å². The smallest absolute Gasteiger partial charge is 0.316 e. The Labute approximate surface area is 109 Å². The molecule has 0 aromatic heterocycles. The Balaban J connectivity index is 0.00000128. The summed E-state index contributed by atoms with van der Waals surface area (Å²) in [4.78, 5) is -0.155. The minimum atomic E-state index is -4.23. The van der Waals surface area contributed by atoms with Gasteiger partial charge in [-0.15, -0.1) is 0 Å². The van der Waals surface area contributed by atoms with E-state index in [9.17, 15) is 8.42 Å². The fourth-order valence-electron chi connectivity index (χ4n) is 1.55. The highest BCUT2D eigenvalue weighted by Gasteiger charge is 2.14. The zero-order chi connectivity index (χ0) is 11.1. The number of nitrogens with two attached hydrogens (primary N) is 1. The molecule has 0 fully saturated rings. The summed E-state index contributed by atoms with van der Waals surface area (Å²) in [5.41, 5.74) is 6.01. The fraction of sp³-hybridized carbons (Fsp3) is 0. The van der Waals surface area contributed by atoms with Crippen LogP contribution in [0.4, 0.5) is 5.69 Å². The van der Waals surface area contributed by atoms with Crippen LogP contribution in [0.5, 0.6) is 0 Å². The van der Waals surface area contributed by atoms with Crippen molar-refractivity contribution >= 4 is 49.6 Å². The van der Waals surface area contributed by atoms with Crippen LogP contribution in [-0.4, -0.2) is 36.0 Å². The van der Waals surface area contributed by atoms with Crippen LogP contribution in [0.1, 0.15) is 0 Å². The number of anilines is 1. The topological polar surface area (TPSA) is 80.4 Å². The normalized spacial score (nSPS) is 11.1. The molecule has 16 heavy (non-hydrogen) atoms. The van der Waals surface area contributed by atoms with Crippen LogP contribution < -0.4 is 5.73 Å². The van der Waals surface area contributed by atoms with Crippen molar-refractivity contribution in [3.05, 3.63) is 36.4 Å². The van der Waals surface area contributed by atoms with E-state index in [0.29, 0.717) is 16.5 Å². The zero-order valence-corrected chi connectivity index (χ0v) is 8.53. The van der Waals surface area contributed by atoms with Gasteiger partial charge in [0.25, 0.3) is 10.1 Å². The molecule has 0 unspecified atom stereocenters. The number of hydrogen-bond donors (Lipinski definition) is 2. The van der Waals surface area contributed by atoms with Gasteiger partial charge in [0, 0.05) is 11.1 Å². The molecule has 0 bridgehead atoms. The molecule has 0 radical (unpaired) electrons. The third kappa shape index (κ3) is 2.29. The molecule has 0 aliphatic rings. The van der Waals surface area contributed by atoms with Gasteiger partial charge < -0.3 is 5.73 Å². The number of hydrogen-bond acceptors (Lipinski definition) is 3. The lowest BCUT2D eigenvalue weighted by molar-refractivity contribution is 0.484. The van der Waals surface area contributed by atoms with E-state index in [1.54, 1.807) is 30.3 Å². The molecular weight excluding hydrogens is 238 g/mol. The van der Waals surface area contributed by atoms with Gasteiger partial charge in [0.15, 0.2) is 0 Å². The highest BCUT2D eigenvalue weighted by atomic mass is 32.2. The highest BCUT2D eigenvalue weighted by Crippen LogP contribution is 2.27. The molecule has 4 nitrogen and oxygen atoms in total. The van der Waals surface area contributed by atoms with Gasteiger partial charge in [-0.1, -0.05) is 24.3 Å². The summed E-state index contributed by atoms with van der Waals surface area (Å²) < 4.78 is 31.2. The van der Waals surface area contributed by atoms with Gasteiger partial charge in [-0.3, -0.25) is 4.55 Å². The Morgan fingerprint density at radius 2 is 1.62 bits per heavy atom. The molecule has 0 saturated heterocycles. The summed E-state index contributed by atoms with van der Waals surface area (Å²) in [5, 5.41) is 1.05. The lowest BCUT2D eigenvalue weighted by Crippen LogP contribution is -2.00. The lowest BCUT2D eigenvalue weighted by Gasteiger charge is -2.05. The SMILES string of the molecule is Nc1cccc2cccc(S(=O)(=O)O)c12.[MgH2]. The van der Waals surface area contributed by atoms with E-state index < -0.39 is 10.1 Å². The molecule has 6 heteroatoms. The first kappa shape index (κ1) is 13.2. The maximum absolute atomic E-state index is 11.1. The van der Waals surface area contributed by atoms with Crippen molar-refractivity contribution in [2.45, 2.75) is 4.90 Å². The van der Waals surface area contributed by atoms with Crippen molar-refractivity contribution in [3.63, 3.8) is 0 Å². The van der Waals surface area contributed by atoms with Gasteiger partial charge in [0.2, 0.25) is 0 Å². The molecule has 0 aliphatic heterocycles. The van der Waals surface area contributed by atoms with Crippen LogP contribution in [0.2, 0.25) is 0 Å². The highest BCUT2D eigenvalue weighted by molar-refractivity contribution is 7.86. The summed E-state index contributed by atoms with van der Waals surface area (Å²) in [6, 6.07) is 9.68. The second-order valence-electron chi connectivity index (χ2n) is 3.18. The van der Waals surface area contributed by atoms with E-state index in [4.69, 9.17) is 10.3 Å². The standard InChI is InChI=1S/C10H9NO3S.Mg.2H/c11-8-5-1-3-7-4-2-6-9(10(7)8)15(12,13)14;;;/h1-6H,11H2,(H,12,13,14);;;. The molecule has 2 rings (SSSR count). The van der Waals surface area contributed by atoms with Crippen molar-refractivity contribution in [1.82, 2.24) is 0 Å². The van der Waals surface area contributed by atoms with Crippen LogP contribution in [0, 0.1) is 0 Å². The molecule has 0 spiro atoms. The van der Waals surface area contributed by atoms with E-state index in [0.717, 1.165) is 0 Å². The van der Waals surface area contributed by atoms with Crippen LogP contribution >= 0.6 is 0 Å². The maximum Gasteiger partial charge on any atom is 0.316 e. The van der Waals surface area contributed by atoms with Gasteiger partial charge in [-0.05, 0) is 17.5 Å². The molecule has 0 aliphatic carbocycles. The first-order valence-electron chi connectivity index (χ1n) is 4.25. The Bertz CT molecular complexity index is 620. The van der Waals surface area contributed by atoms with Crippen LogP contribution in [0.3, 0.4) is 0 Å². The fourth-order valence-corrected chi connectivity index (χ4v) is 2.29. The third-order valence-electron chi connectivity index (χ3n) is 2.18.